The third-order valence-corrected chi connectivity index (χ3v) is 5.20. The number of rotatable bonds is 2. The first-order chi connectivity index (χ1) is 15.0. The Kier molecular flexibility index (Phi) is 4.89. The summed E-state index contributed by atoms with van der Waals surface area (Å²) >= 11 is 0. The summed E-state index contributed by atoms with van der Waals surface area (Å²) in [4.78, 5) is 30.2. The van der Waals surface area contributed by atoms with Gasteiger partial charge in [-0.1, -0.05) is 18.2 Å². The molecule has 1 aliphatic rings. The smallest absolute Gasteiger partial charge is 0.347 e. The molecule has 2 heterocycles. The monoisotopic (exact) mass is 438 g/mol. The number of hydrogen-bond acceptors (Lipinski definition) is 4. The predicted octanol–water partition coefficient (Wildman–Crippen LogP) is 3.85. The van der Waals surface area contributed by atoms with Gasteiger partial charge in [0.2, 0.25) is 0 Å². The number of benzene rings is 2. The Labute approximate surface area is 181 Å². The zero-order valence-corrected chi connectivity index (χ0v) is 17.1. The van der Waals surface area contributed by atoms with E-state index in [9.17, 15) is 22.8 Å². The molecule has 0 aliphatic carbocycles. The lowest BCUT2D eigenvalue weighted by Crippen LogP contribution is -2.51. The Bertz CT molecular complexity index is 1330. The van der Waals surface area contributed by atoms with E-state index < -0.39 is 28.9 Å². The van der Waals surface area contributed by atoms with Crippen molar-refractivity contribution in [3.8, 4) is 23.0 Å². The fourth-order valence-electron chi connectivity index (χ4n) is 3.80. The molecule has 9 heteroatoms. The zero-order chi connectivity index (χ0) is 23.3. The fraction of sp³-hybridized carbons (Fsp3) is 0.217. The molecule has 3 aromatic rings. The number of hydrogen-bond donors (Lipinski definition) is 1. The van der Waals surface area contributed by atoms with Crippen molar-refractivity contribution in [3.63, 3.8) is 0 Å². The van der Waals surface area contributed by atoms with Crippen LogP contribution in [-0.4, -0.2) is 21.0 Å². The Morgan fingerprint density at radius 1 is 1.12 bits per heavy atom. The maximum absolute atomic E-state index is 13.3. The maximum Gasteiger partial charge on any atom is 0.416 e. The van der Waals surface area contributed by atoms with Crippen LogP contribution >= 0.6 is 0 Å². The van der Waals surface area contributed by atoms with Crippen molar-refractivity contribution >= 4 is 5.91 Å². The summed E-state index contributed by atoms with van der Waals surface area (Å²) in [5.74, 6) is -0.483. The molecule has 1 aromatic heterocycles. The Hall–Kier alpha value is -3.93. The van der Waals surface area contributed by atoms with Crippen LogP contribution in [0.1, 0.15) is 41.0 Å². The molecule has 2 aromatic carbocycles. The summed E-state index contributed by atoms with van der Waals surface area (Å²) in [5.41, 5.74) is -1.11. The molecule has 6 nitrogen and oxygen atoms in total. The minimum Gasteiger partial charge on any atom is -0.347 e. The van der Waals surface area contributed by atoms with E-state index in [1.807, 2.05) is 6.07 Å². The van der Waals surface area contributed by atoms with Crippen LogP contribution in [0, 0.1) is 11.3 Å². The van der Waals surface area contributed by atoms with Gasteiger partial charge in [-0.3, -0.25) is 9.36 Å². The van der Waals surface area contributed by atoms with Gasteiger partial charge in [0.15, 0.2) is 0 Å². The number of alkyl halides is 3. The molecule has 0 radical (unpaired) electrons. The number of carbonyl (C=O) groups excluding carboxylic acids is 1. The van der Waals surface area contributed by atoms with Gasteiger partial charge in [-0.25, -0.2) is 4.79 Å². The van der Waals surface area contributed by atoms with E-state index >= 15 is 0 Å². The van der Waals surface area contributed by atoms with E-state index in [1.165, 1.54) is 24.3 Å². The number of fused-ring (bicyclic) bond motifs is 1. The second-order valence-corrected chi connectivity index (χ2v) is 8.15. The third-order valence-electron chi connectivity index (χ3n) is 5.20. The van der Waals surface area contributed by atoms with Gasteiger partial charge in [0.05, 0.1) is 34.1 Å². The molecule has 0 spiro atoms. The van der Waals surface area contributed by atoms with E-state index in [1.54, 1.807) is 26.0 Å². The van der Waals surface area contributed by atoms with E-state index in [0.29, 0.717) is 11.1 Å². The minimum atomic E-state index is -4.59. The highest BCUT2D eigenvalue weighted by molar-refractivity contribution is 6.02. The molecule has 0 unspecified atom stereocenters. The van der Waals surface area contributed by atoms with Crippen molar-refractivity contribution in [2.75, 3.05) is 0 Å². The van der Waals surface area contributed by atoms with E-state index in [-0.39, 0.29) is 29.1 Å². The van der Waals surface area contributed by atoms with Crippen LogP contribution < -0.4 is 11.0 Å². The topological polar surface area (TPSA) is 87.8 Å². The molecule has 4 rings (SSSR count). The Morgan fingerprint density at radius 2 is 1.81 bits per heavy atom. The summed E-state index contributed by atoms with van der Waals surface area (Å²) in [6.07, 6.45) is -4.39. The van der Waals surface area contributed by atoms with Crippen LogP contribution in [0.4, 0.5) is 13.2 Å². The predicted molar refractivity (Wildman–Crippen MR) is 110 cm³/mol. The highest BCUT2D eigenvalue weighted by Crippen LogP contribution is 2.33. The van der Waals surface area contributed by atoms with Gasteiger partial charge in [-0.2, -0.15) is 23.4 Å². The van der Waals surface area contributed by atoms with Gasteiger partial charge < -0.3 is 5.32 Å². The number of amides is 1. The molecule has 0 saturated carbocycles. The first-order valence-corrected chi connectivity index (χ1v) is 9.67. The highest BCUT2D eigenvalue weighted by atomic mass is 19.4. The lowest BCUT2D eigenvalue weighted by molar-refractivity contribution is -0.137. The molecule has 162 valence electrons. The van der Waals surface area contributed by atoms with Crippen molar-refractivity contribution in [1.82, 2.24) is 14.9 Å². The average Bonchev–Trinajstić information content (AvgIpc) is 2.71. The standard InChI is InChI=1S/C23H17F3N4O2/c1-22(2)11-17-18(20(31)29-22)19(14-8-6-13(12-27)7-9-14)28-21(32)30(17)16-5-3-4-15(10-16)23(24,25)26/h3-10H,11H2,1-2H3,(H,29,31). The Morgan fingerprint density at radius 3 is 2.44 bits per heavy atom. The normalized spacial score (nSPS) is 14.9. The maximum atomic E-state index is 13.3. The van der Waals surface area contributed by atoms with E-state index in [4.69, 9.17) is 5.26 Å². The van der Waals surface area contributed by atoms with Gasteiger partial charge in [0.25, 0.3) is 5.91 Å². The molecule has 1 amide bonds. The lowest BCUT2D eigenvalue weighted by Gasteiger charge is -2.34. The molecule has 32 heavy (non-hydrogen) atoms. The molecular weight excluding hydrogens is 421 g/mol. The van der Waals surface area contributed by atoms with Gasteiger partial charge in [0, 0.05) is 23.2 Å². The molecule has 0 atom stereocenters. The fourth-order valence-corrected chi connectivity index (χ4v) is 3.80. The Balaban J connectivity index is 2.02. The molecule has 0 bridgehead atoms. The second-order valence-electron chi connectivity index (χ2n) is 8.15. The number of nitrogens with one attached hydrogen (secondary N) is 1. The molecular formula is C23H17F3N4O2. The average molecular weight is 438 g/mol. The second kappa shape index (κ2) is 7.34. The zero-order valence-electron chi connectivity index (χ0n) is 17.1. The minimum absolute atomic E-state index is 0.0227. The van der Waals surface area contributed by atoms with Crippen molar-refractivity contribution in [3.05, 3.63) is 81.4 Å². The summed E-state index contributed by atoms with van der Waals surface area (Å²) in [5, 5.41) is 11.9. The number of carbonyl (C=O) groups is 1. The van der Waals surface area contributed by atoms with Crippen LogP contribution in [0.25, 0.3) is 16.9 Å². The van der Waals surface area contributed by atoms with Crippen LogP contribution in [-0.2, 0) is 12.6 Å². The summed E-state index contributed by atoms with van der Waals surface area (Å²) in [7, 11) is 0. The lowest BCUT2D eigenvalue weighted by atomic mass is 9.88. The quantitative estimate of drug-likeness (QED) is 0.658. The van der Waals surface area contributed by atoms with Crippen molar-refractivity contribution < 1.29 is 18.0 Å². The summed E-state index contributed by atoms with van der Waals surface area (Å²) < 4.78 is 40.9. The van der Waals surface area contributed by atoms with Gasteiger partial charge in [-0.15, -0.1) is 0 Å². The number of halogens is 3. The number of nitrogens with zero attached hydrogens (tertiary/aromatic N) is 3. The first kappa shape index (κ1) is 21.3. The van der Waals surface area contributed by atoms with Crippen molar-refractivity contribution in [2.45, 2.75) is 32.0 Å². The van der Waals surface area contributed by atoms with E-state index in [0.717, 1.165) is 16.7 Å². The molecule has 0 saturated heterocycles. The third kappa shape index (κ3) is 3.75. The van der Waals surface area contributed by atoms with E-state index in [2.05, 4.69) is 10.3 Å². The van der Waals surface area contributed by atoms with Crippen LogP contribution in [0.3, 0.4) is 0 Å². The van der Waals surface area contributed by atoms with Gasteiger partial charge in [0.1, 0.15) is 0 Å². The number of aromatic nitrogens is 2. The SMILES string of the molecule is CC1(C)Cc2c(c(-c3ccc(C#N)cc3)nc(=O)n2-c2cccc(C(F)(F)F)c2)C(=O)N1. The van der Waals surface area contributed by atoms with Gasteiger partial charge >= 0.3 is 11.9 Å². The van der Waals surface area contributed by atoms with Gasteiger partial charge in [-0.05, 0) is 44.2 Å². The molecule has 1 N–H and O–H groups in total. The van der Waals surface area contributed by atoms with Crippen LogP contribution in [0.5, 0.6) is 0 Å². The molecule has 0 fully saturated rings. The van der Waals surface area contributed by atoms with Crippen molar-refractivity contribution in [2.24, 2.45) is 0 Å². The largest absolute Gasteiger partial charge is 0.416 e. The van der Waals surface area contributed by atoms with Crippen molar-refractivity contribution in [1.29, 1.82) is 5.26 Å². The molecule has 1 aliphatic heterocycles. The van der Waals surface area contributed by atoms with Crippen LogP contribution in [0.2, 0.25) is 0 Å². The summed E-state index contributed by atoms with van der Waals surface area (Å²) in [6, 6.07) is 12.6. The first-order valence-electron chi connectivity index (χ1n) is 9.67. The highest BCUT2D eigenvalue weighted by Gasteiger charge is 2.36. The van der Waals surface area contributed by atoms with Crippen LogP contribution in [0.15, 0.2) is 53.3 Å². The summed E-state index contributed by atoms with van der Waals surface area (Å²) in [6.45, 7) is 3.52. The number of nitriles is 1.